The number of anilines is 1. The van der Waals surface area contributed by atoms with Crippen LogP contribution in [0.4, 0.5) is 5.82 Å². The fourth-order valence-electron chi connectivity index (χ4n) is 4.06. The van der Waals surface area contributed by atoms with Gasteiger partial charge in [0.25, 0.3) is 5.56 Å². The number of hydrogen-bond acceptors (Lipinski definition) is 7. The lowest BCUT2D eigenvalue weighted by Crippen LogP contribution is -2.42. The van der Waals surface area contributed by atoms with E-state index in [1.807, 2.05) is 61.5 Å². The van der Waals surface area contributed by atoms with Crippen molar-refractivity contribution in [1.82, 2.24) is 14.1 Å². The molecule has 4 rings (SSSR count). The van der Waals surface area contributed by atoms with Crippen LogP contribution in [0, 0.1) is 6.92 Å². The number of nitrogens with zero attached hydrogens (tertiary/aromatic N) is 3. The van der Waals surface area contributed by atoms with Crippen molar-refractivity contribution in [3.63, 3.8) is 0 Å². The van der Waals surface area contributed by atoms with Crippen LogP contribution in [0.3, 0.4) is 0 Å². The first-order valence-electron chi connectivity index (χ1n) is 10.9. The number of hydrogen-bond donors (Lipinski definition) is 1. The number of Topliss-reactive ketones (excluding diaryl/α,β-unsaturated/α-hetero) is 1. The van der Waals surface area contributed by atoms with Crippen LogP contribution >= 0.6 is 0 Å². The number of para-hydroxylation sites is 1. The summed E-state index contributed by atoms with van der Waals surface area (Å²) in [4.78, 5) is 54.5. The summed E-state index contributed by atoms with van der Waals surface area (Å²) in [5.74, 6) is -1.72. The van der Waals surface area contributed by atoms with Crippen LogP contribution < -0.4 is 17.0 Å². The molecule has 0 saturated heterocycles. The number of nitrogen functional groups attached to an aromatic ring is 1. The van der Waals surface area contributed by atoms with Crippen molar-refractivity contribution in [3.05, 3.63) is 92.3 Å². The van der Waals surface area contributed by atoms with Crippen LogP contribution in [0.15, 0.2) is 64.2 Å². The third-order valence-electron chi connectivity index (χ3n) is 5.94. The summed E-state index contributed by atoms with van der Waals surface area (Å²) in [5, 5.41) is 0.893. The van der Waals surface area contributed by atoms with E-state index in [0.717, 1.165) is 31.2 Å². The maximum absolute atomic E-state index is 12.8. The van der Waals surface area contributed by atoms with Gasteiger partial charge in [-0.25, -0.2) is 4.79 Å². The second-order valence-corrected chi connectivity index (χ2v) is 8.16. The fraction of sp³-hybridized carbons (Fsp3) is 0.192. The number of fused-ring (bicyclic) bond motifs is 1. The van der Waals surface area contributed by atoms with Gasteiger partial charge < -0.3 is 10.5 Å². The topological polar surface area (TPSA) is 126 Å². The summed E-state index contributed by atoms with van der Waals surface area (Å²) >= 11 is 0. The van der Waals surface area contributed by atoms with Crippen molar-refractivity contribution in [3.8, 4) is 11.1 Å². The largest absolute Gasteiger partial charge is 0.457 e. The summed E-state index contributed by atoms with van der Waals surface area (Å²) in [7, 11) is 2.59. The van der Waals surface area contributed by atoms with E-state index in [1.54, 1.807) is 0 Å². The minimum atomic E-state index is -0.840. The highest BCUT2D eigenvalue weighted by Crippen LogP contribution is 2.33. The molecule has 0 fully saturated rings. The summed E-state index contributed by atoms with van der Waals surface area (Å²) < 4.78 is 7.00. The zero-order chi connectivity index (χ0) is 25.3. The lowest BCUT2D eigenvalue weighted by molar-refractivity contribution is -0.141. The predicted octanol–water partition coefficient (Wildman–Crippen LogP) is 2.16. The number of aromatic nitrogens is 3. The van der Waals surface area contributed by atoms with Crippen LogP contribution in [-0.4, -0.2) is 32.5 Å². The molecule has 9 heteroatoms. The van der Waals surface area contributed by atoms with Crippen LogP contribution in [0.1, 0.15) is 21.6 Å². The standard InChI is InChI=1S/C26H24N4O5/c1-15-18(22(16-9-5-4-6-10-16)17-11-7-8-12-19(17)28-15)13-21(32)35-14-20(31)23-24(27)29(2)26(34)30(3)25(23)33/h4-12H,13-14,27H2,1-3H3. The Morgan fingerprint density at radius 2 is 1.63 bits per heavy atom. The van der Waals surface area contributed by atoms with E-state index in [4.69, 9.17) is 10.5 Å². The van der Waals surface area contributed by atoms with Crippen LogP contribution in [0.5, 0.6) is 0 Å². The SMILES string of the molecule is Cc1nc2ccccc2c(-c2ccccc2)c1CC(=O)OCC(=O)c1c(N)n(C)c(=O)n(C)c1=O. The van der Waals surface area contributed by atoms with Gasteiger partial charge in [-0.05, 0) is 29.7 Å². The number of carbonyl (C=O) groups excluding carboxylic acids is 2. The monoisotopic (exact) mass is 472 g/mol. The molecule has 0 radical (unpaired) electrons. The fourth-order valence-corrected chi connectivity index (χ4v) is 4.06. The van der Waals surface area contributed by atoms with Crippen LogP contribution in [0.2, 0.25) is 0 Å². The first-order valence-corrected chi connectivity index (χ1v) is 10.9. The molecule has 0 unspecified atom stereocenters. The lowest BCUT2D eigenvalue weighted by atomic mass is 9.93. The Hall–Kier alpha value is -4.53. The number of aryl methyl sites for hydroxylation is 1. The number of benzene rings is 2. The van der Waals surface area contributed by atoms with E-state index >= 15 is 0 Å². The second-order valence-electron chi connectivity index (χ2n) is 8.16. The molecule has 4 aromatic rings. The zero-order valence-electron chi connectivity index (χ0n) is 19.6. The number of esters is 1. The van der Waals surface area contributed by atoms with Crippen molar-refractivity contribution < 1.29 is 14.3 Å². The van der Waals surface area contributed by atoms with Gasteiger partial charge in [0.15, 0.2) is 6.61 Å². The zero-order valence-corrected chi connectivity index (χ0v) is 19.6. The summed E-state index contributed by atoms with van der Waals surface area (Å²) in [5.41, 5.74) is 7.88. The summed E-state index contributed by atoms with van der Waals surface area (Å²) in [6, 6.07) is 17.3. The molecule has 2 heterocycles. The van der Waals surface area contributed by atoms with Crippen molar-refractivity contribution in [2.45, 2.75) is 13.3 Å². The number of pyridine rings is 1. The Kier molecular flexibility index (Phi) is 6.33. The lowest BCUT2D eigenvalue weighted by Gasteiger charge is -2.16. The molecular weight excluding hydrogens is 448 g/mol. The Morgan fingerprint density at radius 3 is 2.34 bits per heavy atom. The van der Waals surface area contributed by atoms with E-state index in [1.165, 1.54) is 14.1 Å². The first kappa shape index (κ1) is 23.6. The predicted molar refractivity (Wildman–Crippen MR) is 132 cm³/mol. The number of nitrogens with two attached hydrogens (primary N) is 1. The van der Waals surface area contributed by atoms with E-state index in [9.17, 15) is 19.2 Å². The van der Waals surface area contributed by atoms with Gasteiger partial charge >= 0.3 is 11.7 Å². The molecule has 178 valence electrons. The molecule has 35 heavy (non-hydrogen) atoms. The molecule has 0 saturated carbocycles. The van der Waals surface area contributed by atoms with Crippen molar-refractivity contribution in [2.75, 3.05) is 12.3 Å². The van der Waals surface area contributed by atoms with Gasteiger partial charge in [0.1, 0.15) is 11.4 Å². The van der Waals surface area contributed by atoms with Crippen molar-refractivity contribution in [1.29, 1.82) is 0 Å². The number of rotatable bonds is 6. The molecule has 0 atom stereocenters. The van der Waals surface area contributed by atoms with E-state index < -0.39 is 35.2 Å². The first-order chi connectivity index (χ1) is 16.7. The van der Waals surface area contributed by atoms with Gasteiger partial charge in [0.05, 0.1) is 11.9 Å². The molecule has 0 bridgehead atoms. The van der Waals surface area contributed by atoms with E-state index in [2.05, 4.69) is 4.98 Å². The molecule has 9 nitrogen and oxygen atoms in total. The molecule has 0 amide bonds. The molecule has 0 aliphatic heterocycles. The normalized spacial score (nSPS) is 10.9. The third kappa shape index (κ3) is 4.35. The minimum Gasteiger partial charge on any atom is -0.457 e. The molecule has 2 N–H and O–H groups in total. The highest BCUT2D eigenvalue weighted by atomic mass is 16.5. The second kappa shape index (κ2) is 9.38. The molecule has 0 spiro atoms. The van der Waals surface area contributed by atoms with E-state index in [-0.39, 0.29) is 12.2 Å². The Morgan fingerprint density at radius 1 is 0.971 bits per heavy atom. The minimum absolute atomic E-state index is 0.123. The maximum atomic E-state index is 12.8. The van der Waals surface area contributed by atoms with Crippen LogP contribution in [-0.2, 0) is 30.0 Å². The number of ether oxygens (including phenoxy) is 1. The van der Waals surface area contributed by atoms with E-state index in [0.29, 0.717) is 11.3 Å². The summed E-state index contributed by atoms with van der Waals surface area (Å²) in [6.45, 7) is 1.14. The molecule has 2 aromatic heterocycles. The van der Waals surface area contributed by atoms with Gasteiger partial charge in [-0.2, -0.15) is 0 Å². The Bertz CT molecular complexity index is 1590. The van der Waals surface area contributed by atoms with Crippen LogP contribution in [0.25, 0.3) is 22.0 Å². The average molecular weight is 473 g/mol. The van der Waals surface area contributed by atoms with Crippen molar-refractivity contribution >= 4 is 28.5 Å². The Labute approximate surface area is 200 Å². The van der Waals surface area contributed by atoms with Crippen molar-refractivity contribution in [2.24, 2.45) is 14.1 Å². The molecule has 0 aliphatic carbocycles. The van der Waals surface area contributed by atoms with Gasteiger partial charge in [0.2, 0.25) is 5.78 Å². The van der Waals surface area contributed by atoms with Gasteiger partial charge in [-0.3, -0.25) is 28.5 Å². The number of ketones is 1. The number of carbonyl (C=O) groups is 2. The quantitative estimate of drug-likeness (QED) is 0.337. The van der Waals surface area contributed by atoms with Gasteiger partial charge in [-0.1, -0.05) is 48.5 Å². The van der Waals surface area contributed by atoms with Gasteiger partial charge in [-0.15, -0.1) is 0 Å². The smallest absolute Gasteiger partial charge is 0.332 e. The Balaban J connectivity index is 1.64. The summed E-state index contributed by atoms with van der Waals surface area (Å²) in [6.07, 6.45) is -0.123. The molecule has 2 aromatic carbocycles. The molecular formula is C26H24N4O5. The van der Waals surface area contributed by atoms with Gasteiger partial charge in [0, 0.05) is 25.2 Å². The highest BCUT2D eigenvalue weighted by molar-refractivity contribution is 6.02. The highest BCUT2D eigenvalue weighted by Gasteiger charge is 2.23. The molecule has 0 aliphatic rings. The average Bonchev–Trinajstić information content (AvgIpc) is 2.86. The maximum Gasteiger partial charge on any atom is 0.332 e. The third-order valence-corrected chi connectivity index (χ3v) is 5.94.